The number of halogens is 2. The van der Waals surface area contributed by atoms with Gasteiger partial charge < -0.3 is 14.9 Å². The molecular formula is C20H31Cl2N3O. The van der Waals surface area contributed by atoms with E-state index in [9.17, 15) is 10.4 Å². The number of nitriles is 1. The van der Waals surface area contributed by atoms with Gasteiger partial charge in [0.1, 0.15) is 0 Å². The molecule has 1 saturated carbocycles. The molecule has 0 spiro atoms. The summed E-state index contributed by atoms with van der Waals surface area (Å²) >= 11 is 0. The van der Waals surface area contributed by atoms with Gasteiger partial charge in [-0.25, -0.2) is 0 Å². The third-order valence-corrected chi connectivity index (χ3v) is 5.82. The van der Waals surface area contributed by atoms with E-state index in [1.54, 1.807) is 0 Å². The second-order valence-electron chi connectivity index (χ2n) is 7.56. The molecular weight excluding hydrogens is 369 g/mol. The predicted octanol–water partition coefficient (Wildman–Crippen LogP) is 3.43. The molecule has 1 aromatic rings. The van der Waals surface area contributed by atoms with Crippen LogP contribution in [0.5, 0.6) is 0 Å². The van der Waals surface area contributed by atoms with Crippen LogP contribution < -0.4 is 0 Å². The molecule has 2 aliphatic rings. The first-order valence-corrected chi connectivity index (χ1v) is 9.24. The SMILES string of the molecule is CN1CCN(CC(c2cccc(C#N)c2)C2(O)CCCCC2)CC1.Cl.Cl. The van der Waals surface area contributed by atoms with Crippen molar-refractivity contribution in [3.8, 4) is 6.07 Å². The molecule has 2 fully saturated rings. The Kier molecular flexibility index (Phi) is 9.36. The van der Waals surface area contributed by atoms with E-state index in [1.807, 2.05) is 18.2 Å². The summed E-state index contributed by atoms with van der Waals surface area (Å²) in [5.41, 5.74) is 1.18. The number of benzene rings is 1. The summed E-state index contributed by atoms with van der Waals surface area (Å²) in [7, 11) is 2.17. The van der Waals surface area contributed by atoms with Crippen LogP contribution in [0.2, 0.25) is 0 Å². The number of rotatable bonds is 4. The molecule has 0 bridgehead atoms. The van der Waals surface area contributed by atoms with Gasteiger partial charge in [0.15, 0.2) is 0 Å². The van der Waals surface area contributed by atoms with Gasteiger partial charge in [-0.2, -0.15) is 5.26 Å². The molecule has 6 heteroatoms. The van der Waals surface area contributed by atoms with E-state index >= 15 is 0 Å². The average molecular weight is 400 g/mol. The van der Waals surface area contributed by atoms with Crippen LogP contribution >= 0.6 is 24.8 Å². The first kappa shape index (κ1) is 23.2. The minimum absolute atomic E-state index is 0. The Balaban J connectivity index is 0.00000169. The highest BCUT2D eigenvalue weighted by molar-refractivity contribution is 5.85. The molecule has 146 valence electrons. The van der Waals surface area contributed by atoms with Gasteiger partial charge in [0.05, 0.1) is 17.2 Å². The summed E-state index contributed by atoms with van der Waals surface area (Å²) in [5.74, 6) is 0.0921. The molecule has 1 unspecified atom stereocenters. The predicted molar refractivity (Wildman–Crippen MR) is 110 cm³/mol. The van der Waals surface area contributed by atoms with Gasteiger partial charge in [-0.1, -0.05) is 31.4 Å². The van der Waals surface area contributed by atoms with Crippen LogP contribution in [0, 0.1) is 11.3 Å². The van der Waals surface area contributed by atoms with Crippen molar-refractivity contribution in [1.82, 2.24) is 9.80 Å². The number of hydrogen-bond donors (Lipinski definition) is 1. The minimum atomic E-state index is -0.629. The fraction of sp³-hybridized carbons (Fsp3) is 0.650. The Labute approximate surface area is 170 Å². The molecule has 1 aliphatic heterocycles. The monoisotopic (exact) mass is 399 g/mol. The van der Waals surface area contributed by atoms with Crippen LogP contribution in [0.15, 0.2) is 24.3 Å². The molecule has 3 rings (SSSR count). The standard InChI is InChI=1S/C20H29N3O.2ClH/c1-22-10-12-23(13-11-22)16-19(20(24)8-3-2-4-9-20)18-7-5-6-17(14-18)15-21;;/h5-7,14,19,24H,2-4,8-13,16H2,1H3;2*1H. The normalized spacial score (nSPS) is 21.7. The van der Waals surface area contributed by atoms with Gasteiger partial charge in [-0.3, -0.25) is 0 Å². The van der Waals surface area contributed by atoms with Gasteiger partial charge in [0.2, 0.25) is 0 Å². The Bertz CT molecular complexity index is 591. The summed E-state index contributed by atoms with van der Waals surface area (Å²) < 4.78 is 0. The van der Waals surface area contributed by atoms with E-state index in [0.717, 1.165) is 64.0 Å². The first-order chi connectivity index (χ1) is 11.6. The number of nitrogens with zero attached hydrogens (tertiary/aromatic N) is 3. The molecule has 0 radical (unpaired) electrons. The second kappa shape index (κ2) is 10.5. The van der Waals surface area contributed by atoms with Crippen molar-refractivity contribution >= 4 is 24.8 Å². The highest BCUT2D eigenvalue weighted by Crippen LogP contribution is 2.40. The zero-order chi connectivity index (χ0) is 17.0. The lowest BCUT2D eigenvalue weighted by molar-refractivity contribution is -0.0337. The minimum Gasteiger partial charge on any atom is -0.389 e. The molecule has 4 nitrogen and oxygen atoms in total. The van der Waals surface area contributed by atoms with Crippen molar-refractivity contribution < 1.29 is 5.11 Å². The summed E-state index contributed by atoms with van der Waals surface area (Å²) in [6.07, 6.45) is 5.19. The highest BCUT2D eigenvalue weighted by Gasteiger charge is 2.39. The van der Waals surface area contributed by atoms with Gasteiger partial charge >= 0.3 is 0 Å². The van der Waals surface area contributed by atoms with Gasteiger partial charge in [0, 0.05) is 38.6 Å². The van der Waals surface area contributed by atoms with Gasteiger partial charge in [0.25, 0.3) is 0 Å². The maximum atomic E-state index is 11.4. The van der Waals surface area contributed by atoms with E-state index in [4.69, 9.17) is 0 Å². The van der Waals surface area contributed by atoms with E-state index in [0.29, 0.717) is 5.56 Å². The zero-order valence-corrected chi connectivity index (χ0v) is 17.2. The molecule has 0 aromatic heterocycles. The topological polar surface area (TPSA) is 50.5 Å². The number of hydrogen-bond acceptors (Lipinski definition) is 4. The van der Waals surface area contributed by atoms with E-state index in [-0.39, 0.29) is 30.7 Å². The summed E-state index contributed by atoms with van der Waals surface area (Å²) in [6.45, 7) is 5.17. The highest BCUT2D eigenvalue weighted by atomic mass is 35.5. The quantitative estimate of drug-likeness (QED) is 0.842. The van der Waals surface area contributed by atoms with Crippen LogP contribution in [0.25, 0.3) is 0 Å². The molecule has 1 saturated heterocycles. The number of aliphatic hydroxyl groups is 1. The van der Waals surface area contributed by atoms with Gasteiger partial charge in [-0.15, -0.1) is 24.8 Å². The molecule has 1 aliphatic carbocycles. The van der Waals surface area contributed by atoms with Crippen molar-refractivity contribution in [3.05, 3.63) is 35.4 Å². The first-order valence-electron chi connectivity index (χ1n) is 9.24. The van der Waals surface area contributed by atoms with Crippen LogP contribution in [0.1, 0.15) is 49.1 Å². The smallest absolute Gasteiger partial charge is 0.0991 e. The number of likely N-dealkylation sites (N-methyl/N-ethyl adjacent to an activating group) is 1. The Hall–Kier alpha value is -0.830. The maximum Gasteiger partial charge on any atom is 0.0991 e. The van der Waals surface area contributed by atoms with Crippen molar-refractivity contribution in [1.29, 1.82) is 5.26 Å². The maximum absolute atomic E-state index is 11.4. The summed E-state index contributed by atoms with van der Waals surface area (Å²) in [4.78, 5) is 4.84. The third kappa shape index (κ3) is 5.58. The van der Waals surface area contributed by atoms with Crippen LogP contribution in [-0.2, 0) is 0 Å². The molecule has 0 amide bonds. The molecule has 1 N–H and O–H groups in total. The van der Waals surface area contributed by atoms with E-state index < -0.39 is 5.60 Å². The third-order valence-electron chi connectivity index (χ3n) is 5.82. The van der Waals surface area contributed by atoms with Crippen LogP contribution in [-0.4, -0.2) is 60.3 Å². The molecule has 26 heavy (non-hydrogen) atoms. The van der Waals surface area contributed by atoms with E-state index in [2.05, 4.69) is 29.0 Å². The van der Waals surface area contributed by atoms with Crippen molar-refractivity contribution in [2.45, 2.75) is 43.6 Å². The van der Waals surface area contributed by atoms with Gasteiger partial charge in [-0.05, 0) is 37.6 Å². The lowest BCUT2D eigenvalue weighted by Crippen LogP contribution is -2.50. The van der Waals surface area contributed by atoms with Crippen molar-refractivity contribution in [2.24, 2.45) is 0 Å². The fourth-order valence-corrected chi connectivity index (χ4v) is 4.21. The largest absolute Gasteiger partial charge is 0.389 e. The Morgan fingerprint density at radius 1 is 1.12 bits per heavy atom. The summed E-state index contributed by atoms with van der Waals surface area (Å²) in [5, 5.41) is 20.7. The Morgan fingerprint density at radius 3 is 2.38 bits per heavy atom. The van der Waals surface area contributed by atoms with Crippen LogP contribution in [0.4, 0.5) is 0 Å². The van der Waals surface area contributed by atoms with E-state index in [1.165, 1.54) is 6.42 Å². The lowest BCUT2D eigenvalue weighted by Gasteiger charge is -2.43. The zero-order valence-electron chi connectivity index (χ0n) is 15.6. The molecule has 1 heterocycles. The Morgan fingerprint density at radius 2 is 1.77 bits per heavy atom. The van der Waals surface area contributed by atoms with Crippen LogP contribution in [0.3, 0.4) is 0 Å². The van der Waals surface area contributed by atoms with Crippen molar-refractivity contribution in [3.63, 3.8) is 0 Å². The number of piperazine rings is 1. The molecule has 1 atom stereocenters. The lowest BCUT2D eigenvalue weighted by atomic mass is 9.72. The fourth-order valence-electron chi connectivity index (χ4n) is 4.21. The summed E-state index contributed by atoms with van der Waals surface area (Å²) in [6, 6.07) is 10.1. The average Bonchev–Trinajstić information content (AvgIpc) is 2.61. The second-order valence-corrected chi connectivity index (χ2v) is 7.56. The molecule has 1 aromatic carbocycles. The van der Waals surface area contributed by atoms with Crippen molar-refractivity contribution in [2.75, 3.05) is 39.8 Å².